The Morgan fingerprint density at radius 2 is 1.62 bits per heavy atom. The van der Waals surface area contributed by atoms with Gasteiger partial charge in [0.1, 0.15) is 24.8 Å². The van der Waals surface area contributed by atoms with Crippen LogP contribution in [-0.2, 0) is 6.61 Å². The molecular formula is C21H19F2NO2. The van der Waals surface area contributed by atoms with Crippen molar-refractivity contribution in [1.82, 2.24) is 0 Å². The molecule has 0 amide bonds. The number of rotatable bonds is 7. The molecule has 0 bridgehead atoms. The molecule has 0 aliphatic heterocycles. The molecule has 0 fully saturated rings. The van der Waals surface area contributed by atoms with Gasteiger partial charge >= 0.3 is 0 Å². The van der Waals surface area contributed by atoms with E-state index < -0.39 is 11.6 Å². The van der Waals surface area contributed by atoms with Crippen molar-refractivity contribution >= 4 is 0 Å². The fraction of sp³-hybridized carbons (Fsp3) is 0.143. The van der Waals surface area contributed by atoms with Crippen LogP contribution in [0.4, 0.5) is 8.78 Å². The zero-order valence-electron chi connectivity index (χ0n) is 14.1. The van der Waals surface area contributed by atoms with Crippen LogP contribution in [0, 0.1) is 11.6 Å². The van der Waals surface area contributed by atoms with Crippen molar-refractivity contribution in [2.75, 3.05) is 13.2 Å². The molecule has 0 aliphatic rings. The summed E-state index contributed by atoms with van der Waals surface area (Å²) in [6, 6.07) is 18.0. The highest BCUT2D eigenvalue weighted by molar-refractivity contribution is 5.67. The van der Waals surface area contributed by atoms with Crippen LogP contribution in [0.3, 0.4) is 0 Å². The second kappa shape index (κ2) is 8.45. The first kappa shape index (κ1) is 17.9. The summed E-state index contributed by atoms with van der Waals surface area (Å²) in [7, 11) is 0. The molecule has 5 heteroatoms. The van der Waals surface area contributed by atoms with Gasteiger partial charge in [-0.25, -0.2) is 8.78 Å². The van der Waals surface area contributed by atoms with Gasteiger partial charge in [-0.05, 0) is 41.5 Å². The van der Waals surface area contributed by atoms with E-state index in [1.165, 1.54) is 0 Å². The molecule has 0 saturated carbocycles. The third-order valence-electron chi connectivity index (χ3n) is 3.80. The summed E-state index contributed by atoms with van der Waals surface area (Å²) >= 11 is 0. The summed E-state index contributed by atoms with van der Waals surface area (Å²) < 4.78 is 39.1. The summed E-state index contributed by atoms with van der Waals surface area (Å²) in [5.74, 6) is -0.0527. The lowest BCUT2D eigenvalue weighted by atomic mass is 10.0. The van der Waals surface area contributed by atoms with E-state index in [0.717, 1.165) is 23.8 Å². The quantitative estimate of drug-likeness (QED) is 0.676. The van der Waals surface area contributed by atoms with Gasteiger partial charge in [0.25, 0.3) is 0 Å². The number of halogens is 2. The average Bonchev–Trinajstić information content (AvgIpc) is 2.67. The minimum absolute atomic E-state index is 0.167. The maximum absolute atomic E-state index is 14.1. The smallest absolute Gasteiger partial charge is 0.162 e. The highest BCUT2D eigenvalue weighted by atomic mass is 19.1. The van der Waals surface area contributed by atoms with E-state index in [-0.39, 0.29) is 5.56 Å². The van der Waals surface area contributed by atoms with Gasteiger partial charge in [-0.3, -0.25) is 0 Å². The van der Waals surface area contributed by atoms with Crippen molar-refractivity contribution in [1.29, 1.82) is 0 Å². The maximum atomic E-state index is 14.1. The molecule has 3 nitrogen and oxygen atoms in total. The SMILES string of the molecule is NCCOc1ccc(-c2cc(F)ccc2F)cc1OCc1ccccc1. The van der Waals surface area contributed by atoms with Gasteiger partial charge in [0.2, 0.25) is 0 Å². The molecule has 0 aliphatic carbocycles. The minimum Gasteiger partial charge on any atom is -0.488 e. The van der Waals surface area contributed by atoms with Gasteiger partial charge in [-0.2, -0.15) is 0 Å². The van der Waals surface area contributed by atoms with Gasteiger partial charge in [0.05, 0.1) is 0 Å². The van der Waals surface area contributed by atoms with Crippen LogP contribution in [0.2, 0.25) is 0 Å². The number of hydrogen-bond acceptors (Lipinski definition) is 3. The van der Waals surface area contributed by atoms with Crippen molar-refractivity contribution in [2.45, 2.75) is 6.61 Å². The maximum Gasteiger partial charge on any atom is 0.162 e. The van der Waals surface area contributed by atoms with Crippen LogP contribution >= 0.6 is 0 Å². The van der Waals surface area contributed by atoms with E-state index in [0.29, 0.717) is 36.8 Å². The Kier molecular flexibility index (Phi) is 5.81. The van der Waals surface area contributed by atoms with E-state index in [4.69, 9.17) is 15.2 Å². The largest absolute Gasteiger partial charge is 0.488 e. The molecule has 3 aromatic carbocycles. The van der Waals surface area contributed by atoms with Gasteiger partial charge in [0.15, 0.2) is 11.5 Å². The number of nitrogens with two attached hydrogens (primary N) is 1. The van der Waals surface area contributed by atoms with Crippen LogP contribution in [0.5, 0.6) is 11.5 Å². The molecule has 3 rings (SSSR count). The Morgan fingerprint density at radius 3 is 2.38 bits per heavy atom. The second-order valence-corrected chi connectivity index (χ2v) is 5.70. The third-order valence-corrected chi connectivity index (χ3v) is 3.80. The summed E-state index contributed by atoms with van der Waals surface area (Å²) in [6.45, 7) is 1.02. The molecule has 2 N–H and O–H groups in total. The molecule has 0 atom stereocenters. The molecular weight excluding hydrogens is 336 g/mol. The number of hydrogen-bond donors (Lipinski definition) is 1. The van der Waals surface area contributed by atoms with Gasteiger partial charge in [-0.15, -0.1) is 0 Å². The normalized spacial score (nSPS) is 10.6. The minimum atomic E-state index is -0.504. The highest BCUT2D eigenvalue weighted by Gasteiger charge is 2.12. The Labute approximate surface area is 151 Å². The monoisotopic (exact) mass is 355 g/mol. The Bertz CT molecular complexity index is 869. The summed E-state index contributed by atoms with van der Waals surface area (Å²) in [5.41, 5.74) is 7.15. The lowest BCUT2D eigenvalue weighted by molar-refractivity contribution is 0.266. The molecule has 0 unspecified atom stereocenters. The first-order valence-electron chi connectivity index (χ1n) is 8.26. The molecule has 134 valence electrons. The van der Waals surface area contributed by atoms with Crippen LogP contribution < -0.4 is 15.2 Å². The highest BCUT2D eigenvalue weighted by Crippen LogP contribution is 2.34. The van der Waals surface area contributed by atoms with Crippen molar-refractivity contribution in [2.24, 2.45) is 5.73 Å². The van der Waals surface area contributed by atoms with E-state index in [1.807, 2.05) is 30.3 Å². The summed E-state index contributed by atoms with van der Waals surface area (Å²) in [6.07, 6.45) is 0. The lowest BCUT2D eigenvalue weighted by Gasteiger charge is -2.14. The van der Waals surface area contributed by atoms with Crippen molar-refractivity contribution in [3.8, 4) is 22.6 Å². The van der Waals surface area contributed by atoms with Crippen LogP contribution in [0.25, 0.3) is 11.1 Å². The Balaban J connectivity index is 1.91. The summed E-state index contributed by atoms with van der Waals surface area (Å²) in [5, 5.41) is 0. The van der Waals surface area contributed by atoms with Gasteiger partial charge in [-0.1, -0.05) is 36.4 Å². The molecule has 0 radical (unpaired) electrons. The average molecular weight is 355 g/mol. The molecule has 3 aromatic rings. The van der Waals surface area contributed by atoms with Crippen LogP contribution in [0.1, 0.15) is 5.56 Å². The standard InChI is InChI=1S/C21H19F2NO2/c22-17-7-8-19(23)18(13-17)16-6-9-20(25-11-10-24)21(12-16)26-14-15-4-2-1-3-5-15/h1-9,12-13H,10-11,14,24H2. The fourth-order valence-electron chi connectivity index (χ4n) is 2.53. The zero-order valence-corrected chi connectivity index (χ0v) is 14.1. The van der Waals surface area contributed by atoms with E-state index in [2.05, 4.69) is 0 Å². The van der Waals surface area contributed by atoms with Crippen LogP contribution in [0.15, 0.2) is 66.7 Å². The van der Waals surface area contributed by atoms with Crippen molar-refractivity contribution in [3.63, 3.8) is 0 Å². The van der Waals surface area contributed by atoms with E-state index >= 15 is 0 Å². The van der Waals surface area contributed by atoms with Crippen LogP contribution in [-0.4, -0.2) is 13.2 Å². The molecule has 0 heterocycles. The summed E-state index contributed by atoms with van der Waals surface area (Å²) in [4.78, 5) is 0. The first-order valence-corrected chi connectivity index (χ1v) is 8.26. The van der Waals surface area contributed by atoms with Crippen molar-refractivity contribution < 1.29 is 18.3 Å². The van der Waals surface area contributed by atoms with E-state index in [1.54, 1.807) is 18.2 Å². The van der Waals surface area contributed by atoms with Gasteiger partial charge < -0.3 is 15.2 Å². The van der Waals surface area contributed by atoms with E-state index in [9.17, 15) is 8.78 Å². The second-order valence-electron chi connectivity index (χ2n) is 5.70. The number of ether oxygens (including phenoxy) is 2. The molecule has 0 aromatic heterocycles. The first-order chi connectivity index (χ1) is 12.7. The third kappa shape index (κ3) is 4.37. The number of benzene rings is 3. The topological polar surface area (TPSA) is 44.5 Å². The predicted octanol–water partition coefficient (Wildman–Crippen LogP) is 4.55. The Morgan fingerprint density at radius 1 is 0.808 bits per heavy atom. The molecule has 0 saturated heterocycles. The Hall–Kier alpha value is -2.92. The molecule has 26 heavy (non-hydrogen) atoms. The van der Waals surface area contributed by atoms with Crippen molar-refractivity contribution in [3.05, 3.63) is 83.9 Å². The zero-order chi connectivity index (χ0) is 18.4. The lowest BCUT2D eigenvalue weighted by Crippen LogP contribution is -2.11. The predicted molar refractivity (Wildman–Crippen MR) is 97.1 cm³/mol. The van der Waals surface area contributed by atoms with Gasteiger partial charge in [0, 0.05) is 12.1 Å². The fourth-order valence-corrected chi connectivity index (χ4v) is 2.53. The molecule has 0 spiro atoms.